The average molecular weight is 228 g/mol. The number of aliphatic carboxylic acids is 1. The van der Waals surface area contributed by atoms with Crippen LogP contribution in [0.4, 0.5) is 0 Å². The molecule has 0 saturated carbocycles. The number of carbonyl (C=O) groups is 1. The summed E-state index contributed by atoms with van der Waals surface area (Å²) >= 11 is 0. The minimum absolute atomic E-state index is 0. The molecule has 2 nitrogen and oxygen atoms in total. The fraction of sp³-hybridized carbons (Fsp3) is 0.909. The zero-order chi connectivity index (χ0) is 10.1. The molecule has 0 aliphatic heterocycles. The fourth-order valence-corrected chi connectivity index (χ4v) is 1.56. The molecule has 0 spiro atoms. The van der Waals surface area contributed by atoms with Crippen molar-refractivity contribution in [2.45, 2.75) is 58.8 Å². The summed E-state index contributed by atoms with van der Waals surface area (Å²) in [5, 5.41) is 8.86. The Bertz CT molecular complexity index is 146. The summed E-state index contributed by atoms with van der Waals surface area (Å²) in [7, 11) is 0. The van der Waals surface area contributed by atoms with Gasteiger partial charge in [-0.3, -0.25) is 4.79 Å². The maximum absolute atomic E-state index is 10.8. The largest absolute Gasteiger partial charge is 2.00 e. The number of unbranched alkanes of at least 4 members (excludes halogenated alkanes) is 3. The zero-order valence-corrected chi connectivity index (χ0v) is 11.8. The summed E-state index contributed by atoms with van der Waals surface area (Å²) < 4.78 is 0. The quantitative estimate of drug-likeness (QED) is 0.511. The normalized spacial score (nSPS) is 11.9. The third kappa shape index (κ3) is 9.29. The first-order valence-corrected chi connectivity index (χ1v) is 5.45. The number of rotatable bonds is 8. The molecule has 0 aromatic heterocycles. The van der Waals surface area contributed by atoms with Gasteiger partial charge in [0.05, 0.1) is 5.92 Å². The first kappa shape index (κ1) is 17.1. The van der Waals surface area contributed by atoms with Gasteiger partial charge < -0.3 is 7.96 Å². The molecule has 0 bridgehead atoms. The maximum atomic E-state index is 10.8. The van der Waals surface area contributed by atoms with Gasteiger partial charge in [0.2, 0.25) is 0 Å². The van der Waals surface area contributed by atoms with Crippen LogP contribution in [0.2, 0.25) is 0 Å². The standard InChI is InChI=1S/C11H22O2.Ca.2H/c1-3-5-6-7-9-10(8-4-2)11(12)13;;;/h10H,3-9H2,1-2H3,(H,12,13);;;/q;+2;2*-1. The molecule has 82 valence electrons. The number of carboxylic acid groups (broad SMARTS) is 1. The minimum Gasteiger partial charge on any atom is -1.00 e. The summed E-state index contributed by atoms with van der Waals surface area (Å²) in [5.41, 5.74) is 0. The van der Waals surface area contributed by atoms with Gasteiger partial charge in [-0.1, -0.05) is 46.0 Å². The van der Waals surface area contributed by atoms with Gasteiger partial charge in [-0.2, -0.15) is 0 Å². The maximum Gasteiger partial charge on any atom is 2.00 e. The van der Waals surface area contributed by atoms with E-state index in [1.165, 1.54) is 19.3 Å². The Morgan fingerprint density at radius 1 is 1.14 bits per heavy atom. The third-order valence-corrected chi connectivity index (χ3v) is 2.39. The molecule has 1 N–H and O–H groups in total. The van der Waals surface area contributed by atoms with Crippen LogP contribution in [0.3, 0.4) is 0 Å². The molecule has 0 aromatic rings. The van der Waals surface area contributed by atoms with Crippen LogP contribution >= 0.6 is 0 Å². The van der Waals surface area contributed by atoms with E-state index in [1.54, 1.807) is 0 Å². The van der Waals surface area contributed by atoms with Crippen molar-refractivity contribution in [1.82, 2.24) is 0 Å². The molecule has 14 heavy (non-hydrogen) atoms. The van der Waals surface area contributed by atoms with Crippen LogP contribution in [0, 0.1) is 5.92 Å². The summed E-state index contributed by atoms with van der Waals surface area (Å²) in [4.78, 5) is 10.8. The van der Waals surface area contributed by atoms with E-state index in [1.807, 2.05) is 6.92 Å². The molecular formula is C11H24CaO2. The van der Waals surface area contributed by atoms with E-state index in [4.69, 9.17) is 5.11 Å². The van der Waals surface area contributed by atoms with Crippen molar-refractivity contribution in [3.8, 4) is 0 Å². The molecule has 1 atom stereocenters. The van der Waals surface area contributed by atoms with Crippen LogP contribution < -0.4 is 0 Å². The van der Waals surface area contributed by atoms with E-state index < -0.39 is 5.97 Å². The molecule has 0 amide bonds. The van der Waals surface area contributed by atoms with Crippen LogP contribution in [-0.4, -0.2) is 48.8 Å². The topological polar surface area (TPSA) is 37.3 Å². The molecule has 0 saturated heterocycles. The van der Waals surface area contributed by atoms with Crippen molar-refractivity contribution in [2.75, 3.05) is 0 Å². The summed E-state index contributed by atoms with van der Waals surface area (Å²) in [6.07, 6.45) is 7.38. The monoisotopic (exact) mass is 228 g/mol. The van der Waals surface area contributed by atoms with E-state index in [0.717, 1.165) is 25.7 Å². The molecule has 0 radical (unpaired) electrons. The van der Waals surface area contributed by atoms with Crippen LogP contribution in [-0.2, 0) is 4.79 Å². The first-order chi connectivity index (χ1) is 6.22. The van der Waals surface area contributed by atoms with Crippen LogP contribution in [0.25, 0.3) is 0 Å². The Morgan fingerprint density at radius 2 is 1.79 bits per heavy atom. The smallest absolute Gasteiger partial charge is 1.00 e. The van der Waals surface area contributed by atoms with Gasteiger partial charge >= 0.3 is 43.7 Å². The molecule has 0 aliphatic rings. The van der Waals surface area contributed by atoms with Gasteiger partial charge in [0.15, 0.2) is 0 Å². The van der Waals surface area contributed by atoms with Crippen molar-refractivity contribution >= 4 is 43.7 Å². The van der Waals surface area contributed by atoms with E-state index in [2.05, 4.69) is 6.92 Å². The Labute approximate surface area is 120 Å². The van der Waals surface area contributed by atoms with E-state index in [-0.39, 0.29) is 46.5 Å². The predicted octanol–water partition coefficient (Wildman–Crippen LogP) is 3.30. The van der Waals surface area contributed by atoms with Crippen molar-refractivity contribution in [1.29, 1.82) is 0 Å². The SMILES string of the molecule is CCCCCCC(CCC)C(=O)O.[Ca+2].[H-].[H-]. The second kappa shape index (κ2) is 11.8. The van der Waals surface area contributed by atoms with Gasteiger partial charge in [0.25, 0.3) is 0 Å². The first-order valence-electron chi connectivity index (χ1n) is 5.45. The summed E-state index contributed by atoms with van der Waals surface area (Å²) in [6.45, 7) is 4.21. The summed E-state index contributed by atoms with van der Waals surface area (Å²) in [5.74, 6) is -0.708. The molecule has 0 rings (SSSR count). The van der Waals surface area contributed by atoms with Gasteiger partial charge in [0.1, 0.15) is 0 Å². The van der Waals surface area contributed by atoms with Gasteiger partial charge in [-0.25, -0.2) is 0 Å². The van der Waals surface area contributed by atoms with E-state index >= 15 is 0 Å². The molecule has 0 aromatic carbocycles. The predicted molar refractivity (Wildman–Crippen MR) is 62.8 cm³/mol. The van der Waals surface area contributed by atoms with Crippen molar-refractivity contribution in [3.05, 3.63) is 0 Å². The fourth-order valence-electron chi connectivity index (χ4n) is 1.56. The molecular weight excluding hydrogens is 204 g/mol. The Kier molecular flexibility index (Phi) is 14.4. The van der Waals surface area contributed by atoms with Crippen molar-refractivity contribution in [3.63, 3.8) is 0 Å². The molecule has 3 heteroatoms. The number of carboxylic acids is 1. The molecule has 0 heterocycles. The average Bonchev–Trinajstić information content (AvgIpc) is 2.10. The third-order valence-electron chi connectivity index (χ3n) is 2.39. The minimum atomic E-state index is -0.613. The number of hydrogen-bond donors (Lipinski definition) is 1. The Hall–Kier alpha value is 0.730. The van der Waals surface area contributed by atoms with Crippen LogP contribution in [0.15, 0.2) is 0 Å². The van der Waals surface area contributed by atoms with Gasteiger partial charge in [0, 0.05) is 0 Å². The second-order valence-corrected chi connectivity index (χ2v) is 3.67. The van der Waals surface area contributed by atoms with Crippen LogP contribution in [0.1, 0.15) is 61.6 Å². The van der Waals surface area contributed by atoms with Gasteiger partial charge in [-0.05, 0) is 12.8 Å². The molecule has 1 unspecified atom stereocenters. The van der Waals surface area contributed by atoms with E-state index in [0.29, 0.717) is 0 Å². The van der Waals surface area contributed by atoms with E-state index in [9.17, 15) is 4.79 Å². The number of hydrogen-bond acceptors (Lipinski definition) is 1. The summed E-state index contributed by atoms with van der Waals surface area (Å²) in [6, 6.07) is 0. The van der Waals surface area contributed by atoms with Crippen molar-refractivity contribution in [2.24, 2.45) is 5.92 Å². The second-order valence-electron chi connectivity index (χ2n) is 3.67. The van der Waals surface area contributed by atoms with Crippen LogP contribution in [0.5, 0.6) is 0 Å². The van der Waals surface area contributed by atoms with Gasteiger partial charge in [-0.15, -0.1) is 0 Å². The Balaban J connectivity index is -0.000000240. The molecule has 0 aliphatic carbocycles. The molecule has 0 fully saturated rings. The zero-order valence-electron chi connectivity index (χ0n) is 11.6. The Morgan fingerprint density at radius 3 is 2.21 bits per heavy atom. The van der Waals surface area contributed by atoms with Crippen molar-refractivity contribution < 1.29 is 12.8 Å².